The van der Waals surface area contributed by atoms with Crippen LogP contribution in [0.2, 0.25) is 0 Å². The molecule has 0 unspecified atom stereocenters. The summed E-state index contributed by atoms with van der Waals surface area (Å²) in [5, 5.41) is 12.9. The van der Waals surface area contributed by atoms with Crippen molar-refractivity contribution >= 4 is 49.9 Å². The first-order valence-corrected chi connectivity index (χ1v) is 14.1. The highest BCUT2D eigenvalue weighted by atomic mass is 79.9. The van der Waals surface area contributed by atoms with Crippen LogP contribution in [-0.2, 0) is 23.8 Å². The smallest absolute Gasteiger partial charge is 0.316 e. The summed E-state index contributed by atoms with van der Waals surface area (Å²) in [5.41, 5.74) is 1.17. The predicted molar refractivity (Wildman–Crippen MR) is 144 cm³/mol. The maximum Gasteiger partial charge on any atom is 0.433 e. The molecule has 1 N–H and O–H groups in total. The van der Waals surface area contributed by atoms with Crippen LogP contribution in [0.25, 0.3) is 11.3 Å². The van der Waals surface area contributed by atoms with E-state index in [1.54, 1.807) is 24.3 Å². The van der Waals surface area contributed by atoms with Crippen molar-refractivity contribution in [2.75, 3.05) is 11.1 Å². The van der Waals surface area contributed by atoms with Crippen LogP contribution in [-0.4, -0.2) is 21.6 Å². The van der Waals surface area contributed by atoms with Gasteiger partial charge in [-0.25, -0.2) is 9.97 Å². The molecule has 5 nitrogen and oxygen atoms in total. The van der Waals surface area contributed by atoms with Crippen molar-refractivity contribution in [3.63, 3.8) is 0 Å². The Balaban J connectivity index is 1.51. The fourth-order valence-corrected chi connectivity index (χ4v) is 6.44. The van der Waals surface area contributed by atoms with Crippen LogP contribution in [0.3, 0.4) is 0 Å². The second-order valence-electron chi connectivity index (χ2n) is 9.89. The van der Waals surface area contributed by atoms with Crippen molar-refractivity contribution in [3.05, 3.63) is 56.5 Å². The largest absolute Gasteiger partial charge is 0.433 e. The third-order valence-corrected chi connectivity index (χ3v) is 8.87. The minimum atomic E-state index is -4.66. The number of thioether (sulfide) groups is 1. The summed E-state index contributed by atoms with van der Waals surface area (Å²) < 4.78 is 41.3. The fraction of sp³-hybridized carbons (Fsp3) is 0.385. The number of nitriles is 1. The number of carbonyl (C=O) groups excluding carboxylic acids is 1. The van der Waals surface area contributed by atoms with Gasteiger partial charge in [-0.15, -0.1) is 11.3 Å². The zero-order chi connectivity index (χ0) is 27.0. The van der Waals surface area contributed by atoms with Gasteiger partial charge in [0.1, 0.15) is 16.8 Å². The van der Waals surface area contributed by atoms with Crippen LogP contribution in [0, 0.1) is 22.7 Å². The Labute approximate surface area is 230 Å². The SMILES string of the molecule is CC(C)(C)[C@@H]1CCc2c(sc(NC(=O)CSc3nc(-c4ccc(Br)cc4)cc(C(F)(F)F)n3)c2C#N)C1. The Morgan fingerprint density at radius 3 is 2.57 bits per heavy atom. The number of carbonyl (C=O) groups is 1. The number of anilines is 1. The molecular formula is C26H24BrF3N4OS2. The van der Waals surface area contributed by atoms with E-state index >= 15 is 0 Å². The second-order valence-corrected chi connectivity index (χ2v) is 12.9. The van der Waals surface area contributed by atoms with Gasteiger partial charge in [-0.3, -0.25) is 4.79 Å². The minimum Gasteiger partial charge on any atom is -0.316 e. The van der Waals surface area contributed by atoms with Crippen molar-refractivity contribution in [1.29, 1.82) is 5.26 Å². The summed E-state index contributed by atoms with van der Waals surface area (Å²) in [6.07, 6.45) is -2.02. The Hall–Kier alpha value is -2.42. The quantitative estimate of drug-likeness (QED) is 0.237. The molecule has 0 radical (unpaired) electrons. The van der Waals surface area contributed by atoms with E-state index in [1.165, 1.54) is 11.3 Å². The van der Waals surface area contributed by atoms with E-state index < -0.39 is 17.8 Å². The maximum atomic E-state index is 13.5. The molecule has 0 spiro atoms. The number of nitrogens with zero attached hydrogens (tertiary/aromatic N) is 3. The molecule has 0 bridgehead atoms. The van der Waals surface area contributed by atoms with Gasteiger partial charge >= 0.3 is 6.18 Å². The van der Waals surface area contributed by atoms with Gasteiger partial charge < -0.3 is 5.32 Å². The molecule has 194 valence electrons. The normalized spacial score (nSPS) is 15.7. The topological polar surface area (TPSA) is 78.7 Å². The number of aromatic nitrogens is 2. The zero-order valence-electron chi connectivity index (χ0n) is 20.4. The van der Waals surface area contributed by atoms with Crippen molar-refractivity contribution in [3.8, 4) is 17.3 Å². The lowest BCUT2D eigenvalue weighted by molar-refractivity contribution is -0.141. The molecule has 3 aromatic rings. The van der Waals surface area contributed by atoms with Crippen molar-refractivity contribution in [2.24, 2.45) is 11.3 Å². The molecule has 37 heavy (non-hydrogen) atoms. The van der Waals surface area contributed by atoms with Gasteiger partial charge in [0.05, 0.1) is 17.0 Å². The Bertz CT molecular complexity index is 1360. The van der Waals surface area contributed by atoms with Crippen LogP contribution in [0.5, 0.6) is 0 Å². The average molecular weight is 610 g/mol. The van der Waals surface area contributed by atoms with Crippen LogP contribution in [0.15, 0.2) is 40.0 Å². The molecule has 1 amide bonds. The number of alkyl halides is 3. The molecule has 0 aliphatic heterocycles. The maximum absolute atomic E-state index is 13.5. The third-order valence-electron chi connectivity index (χ3n) is 6.32. The van der Waals surface area contributed by atoms with E-state index in [0.717, 1.165) is 52.0 Å². The molecular weight excluding hydrogens is 585 g/mol. The number of hydrogen-bond donors (Lipinski definition) is 1. The van der Waals surface area contributed by atoms with E-state index in [0.29, 0.717) is 22.0 Å². The summed E-state index contributed by atoms with van der Waals surface area (Å²) in [4.78, 5) is 21.7. The van der Waals surface area contributed by atoms with E-state index in [1.807, 2.05) is 0 Å². The summed E-state index contributed by atoms with van der Waals surface area (Å²) in [5.74, 6) is -0.139. The zero-order valence-corrected chi connectivity index (χ0v) is 23.6. The molecule has 2 aromatic heterocycles. The number of amides is 1. The van der Waals surface area contributed by atoms with Gasteiger partial charge in [0.2, 0.25) is 5.91 Å². The van der Waals surface area contributed by atoms with Crippen LogP contribution in [0.4, 0.5) is 18.2 Å². The van der Waals surface area contributed by atoms with Gasteiger partial charge in [0.15, 0.2) is 5.16 Å². The summed E-state index contributed by atoms with van der Waals surface area (Å²) in [6, 6.07) is 9.85. The Kier molecular flexibility index (Phi) is 8.02. The minimum absolute atomic E-state index is 0.115. The van der Waals surface area contributed by atoms with Gasteiger partial charge in [-0.2, -0.15) is 18.4 Å². The van der Waals surface area contributed by atoms with Gasteiger partial charge in [0, 0.05) is 14.9 Å². The average Bonchev–Trinajstić information content (AvgIpc) is 3.18. The first-order chi connectivity index (χ1) is 17.3. The van der Waals surface area contributed by atoms with Crippen molar-refractivity contribution < 1.29 is 18.0 Å². The molecule has 1 aromatic carbocycles. The van der Waals surface area contributed by atoms with Crippen LogP contribution < -0.4 is 5.32 Å². The number of thiophene rings is 1. The Morgan fingerprint density at radius 1 is 1.24 bits per heavy atom. The highest BCUT2D eigenvalue weighted by Crippen LogP contribution is 2.44. The number of fused-ring (bicyclic) bond motifs is 1. The van der Waals surface area contributed by atoms with E-state index in [4.69, 9.17) is 0 Å². The van der Waals surface area contributed by atoms with Crippen molar-refractivity contribution in [1.82, 2.24) is 9.97 Å². The lowest BCUT2D eigenvalue weighted by atomic mass is 9.72. The molecule has 1 aliphatic rings. The molecule has 0 fully saturated rings. The van der Waals surface area contributed by atoms with E-state index in [9.17, 15) is 23.2 Å². The number of hydrogen-bond acceptors (Lipinski definition) is 6. The molecule has 0 saturated carbocycles. The highest BCUT2D eigenvalue weighted by Gasteiger charge is 2.34. The van der Waals surface area contributed by atoms with Gasteiger partial charge in [-0.05, 0) is 54.4 Å². The van der Waals surface area contributed by atoms with Crippen LogP contribution >= 0.6 is 39.0 Å². The molecule has 1 atom stereocenters. The lowest BCUT2D eigenvalue weighted by Crippen LogP contribution is -2.26. The summed E-state index contributed by atoms with van der Waals surface area (Å²) in [6.45, 7) is 6.62. The predicted octanol–water partition coefficient (Wildman–Crippen LogP) is 7.74. The molecule has 2 heterocycles. The fourth-order valence-electron chi connectivity index (χ4n) is 4.23. The Morgan fingerprint density at radius 2 is 1.95 bits per heavy atom. The van der Waals surface area contributed by atoms with Crippen LogP contribution in [0.1, 0.15) is 48.9 Å². The second kappa shape index (κ2) is 10.8. The molecule has 11 heteroatoms. The van der Waals surface area contributed by atoms with E-state index in [2.05, 4.69) is 58.1 Å². The molecule has 1 aliphatic carbocycles. The number of rotatable bonds is 5. The van der Waals surface area contributed by atoms with E-state index in [-0.39, 0.29) is 22.0 Å². The molecule has 0 saturated heterocycles. The highest BCUT2D eigenvalue weighted by molar-refractivity contribution is 9.10. The summed E-state index contributed by atoms with van der Waals surface area (Å²) in [7, 11) is 0. The van der Waals surface area contributed by atoms with Gasteiger partial charge in [-0.1, -0.05) is 60.6 Å². The summed E-state index contributed by atoms with van der Waals surface area (Å²) >= 11 is 5.54. The first kappa shape index (κ1) is 27.6. The number of nitrogens with one attached hydrogen (secondary N) is 1. The standard InChI is InChI=1S/C26H24BrF3N4OS2/c1-25(2,3)15-6-9-17-18(12-31)23(37-20(17)10-15)34-22(35)13-36-24-32-19(11-21(33-24)26(28,29)30)14-4-7-16(27)8-5-14/h4-5,7-8,11,15H,6,9-10,13H2,1-3H3,(H,34,35)/t15-/m1/s1. The lowest BCUT2D eigenvalue weighted by Gasteiger charge is -2.33. The molecule has 4 rings (SSSR count). The number of halogens is 4. The van der Waals surface area contributed by atoms with Crippen molar-refractivity contribution in [2.45, 2.75) is 51.4 Å². The van der Waals surface area contributed by atoms with Gasteiger partial charge in [0.25, 0.3) is 0 Å². The number of benzene rings is 1. The third kappa shape index (κ3) is 6.54. The first-order valence-electron chi connectivity index (χ1n) is 11.5. The monoisotopic (exact) mass is 608 g/mol.